The Morgan fingerprint density at radius 2 is 2.05 bits per heavy atom. The van der Waals surface area contributed by atoms with Crippen molar-refractivity contribution in [2.24, 2.45) is 7.05 Å². The number of hydrogen-bond donors (Lipinski definition) is 1. The van der Waals surface area contributed by atoms with Crippen LogP contribution in [0.5, 0.6) is 5.75 Å². The number of nitrogens with one attached hydrogen (secondary N) is 1. The summed E-state index contributed by atoms with van der Waals surface area (Å²) in [7, 11) is 3.68. The first-order valence-electron chi connectivity index (χ1n) is 7.59. The van der Waals surface area contributed by atoms with Gasteiger partial charge in [-0.3, -0.25) is 4.68 Å². The molecule has 2 aromatic rings. The Morgan fingerprint density at radius 3 is 2.71 bits per heavy atom. The number of benzene rings is 1. The lowest BCUT2D eigenvalue weighted by atomic mass is 10.0. The minimum Gasteiger partial charge on any atom is -0.493 e. The van der Waals surface area contributed by atoms with E-state index in [1.54, 1.807) is 13.3 Å². The molecular weight excluding hydrogens is 262 g/mol. The molecule has 1 heterocycles. The zero-order valence-corrected chi connectivity index (χ0v) is 13.2. The summed E-state index contributed by atoms with van der Waals surface area (Å²) < 4.78 is 7.37. The van der Waals surface area contributed by atoms with Crippen molar-refractivity contribution < 1.29 is 4.74 Å². The fourth-order valence-corrected chi connectivity index (χ4v) is 2.59. The number of methoxy groups -OCH3 is 1. The van der Waals surface area contributed by atoms with Crippen LogP contribution in [0.4, 0.5) is 0 Å². The van der Waals surface area contributed by atoms with Crippen LogP contribution in [0.15, 0.2) is 36.5 Å². The van der Waals surface area contributed by atoms with Gasteiger partial charge in [0.1, 0.15) is 0 Å². The molecule has 0 aliphatic rings. The molecule has 0 aliphatic carbocycles. The fraction of sp³-hybridized carbons (Fsp3) is 0.471. The highest BCUT2D eigenvalue weighted by atomic mass is 16.5. The van der Waals surface area contributed by atoms with E-state index in [9.17, 15) is 0 Å². The lowest BCUT2D eigenvalue weighted by molar-refractivity contribution is 0.388. The molecule has 1 N–H and O–H groups in total. The second kappa shape index (κ2) is 7.84. The van der Waals surface area contributed by atoms with Gasteiger partial charge in [-0.2, -0.15) is 5.10 Å². The lowest BCUT2D eigenvalue weighted by Crippen LogP contribution is -2.25. The smallest absolute Gasteiger partial charge is 0.161 e. The van der Waals surface area contributed by atoms with Crippen molar-refractivity contribution in [3.8, 4) is 5.75 Å². The van der Waals surface area contributed by atoms with Crippen LogP contribution in [0.3, 0.4) is 0 Å². The first kappa shape index (κ1) is 15.6. The monoisotopic (exact) mass is 287 g/mol. The third-order valence-electron chi connectivity index (χ3n) is 3.70. The first-order chi connectivity index (χ1) is 10.3. The van der Waals surface area contributed by atoms with Crippen LogP contribution in [0.25, 0.3) is 0 Å². The third-order valence-corrected chi connectivity index (χ3v) is 3.70. The normalized spacial score (nSPS) is 12.3. The standard InChI is InChI=1S/C17H25N3O/c1-4-12-18-15(11-10-14-8-6-5-7-9-14)17-16(21-3)13-19-20(17)2/h5-9,13,15,18H,4,10-12H2,1-3H3. The summed E-state index contributed by atoms with van der Waals surface area (Å²) in [4.78, 5) is 0. The first-order valence-corrected chi connectivity index (χ1v) is 7.59. The zero-order chi connectivity index (χ0) is 15.1. The van der Waals surface area contributed by atoms with Crippen molar-refractivity contribution in [2.75, 3.05) is 13.7 Å². The van der Waals surface area contributed by atoms with Crippen molar-refractivity contribution >= 4 is 0 Å². The Morgan fingerprint density at radius 1 is 1.29 bits per heavy atom. The van der Waals surface area contributed by atoms with E-state index in [0.717, 1.165) is 37.3 Å². The molecule has 1 unspecified atom stereocenters. The van der Waals surface area contributed by atoms with Crippen LogP contribution < -0.4 is 10.1 Å². The van der Waals surface area contributed by atoms with Crippen LogP contribution in [-0.4, -0.2) is 23.4 Å². The minimum absolute atomic E-state index is 0.257. The van der Waals surface area contributed by atoms with Crippen LogP contribution >= 0.6 is 0 Å². The maximum absolute atomic E-state index is 5.46. The number of aromatic nitrogens is 2. The quantitative estimate of drug-likeness (QED) is 0.811. The van der Waals surface area contributed by atoms with E-state index in [1.165, 1.54) is 5.56 Å². The molecule has 1 atom stereocenters. The summed E-state index contributed by atoms with van der Waals surface area (Å²) in [6, 6.07) is 10.9. The molecule has 4 nitrogen and oxygen atoms in total. The molecular formula is C17H25N3O. The molecule has 1 aromatic heterocycles. The number of rotatable bonds is 8. The number of aryl methyl sites for hydroxylation is 2. The van der Waals surface area contributed by atoms with Crippen LogP contribution in [-0.2, 0) is 13.5 Å². The van der Waals surface area contributed by atoms with Gasteiger partial charge < -0.3 is 10.1 Å². The molecule has 0 saturated heterocycles. The average molecular weight is 287 g/mol. The van der Waals surface area contributed by atoms with Crippen LogP contribution in [0.1, 0.15) is 37.1 Å². The number of nitrogens with zero attached hydrogens (tertiary/aromatic N) is 2. The molecule has 0 bridgehead atoms. The molecule has 2 rings (SSSR count). The van der Waals surface area contributed by atoms with E-state index in [4.69, 9.17) is 4.74 Å². The topological polar surface area (TPSA) is 39.1 Å². The number of hydrogen-bond acceptors (Lipinski definition) is 3. The highest BCUT2D eigenvalue weighted by molar-refractivity contribution is 5.28. The highest BCUT2D eigenvalue weighted by Crippen LogP contribution is 2.27. The second-order valence-electron chi connectivity index (χ2n) is 5.25. The predicted octanol–water partition coefficient (Wildman–Crippen LogP) is 3.10. The van der Waals surface area contributed by atoms with Gasteiger partial charge in [0.15, 0.2) is 5.75 Å². The third kappa shape index (κ3) is 4.08. The molecule has 0 saturated carbocycles. The average Bonchev–Trinajstić information content (AvgIpc) is 2.89. The van der Waals surface area contributed by atoms with Crippen molar-refractivity contribution in [3.63, 3.8) is 0 Å². The van der Waals surface area contributed by atoms with Gasteiger partial charge in [0, 0.05) is 7.05 Å². The van der Waals surface area contributed by atoms with Gasteiger partial charge in [0.05, 0.1) is 25.0 Å². The van der Waals surface area contributed by atoms with Gasteiger partial charge in [-0.1, -0.05) is 37.3 Å². The van der Waals surface area contributed by atoms with E-state index >= 15 is 0 Å². The molecule has 0 aliphatic heterocycles. The molecule has 114 valence electrons. The molecule has 21 heavy (non-hydrogen) atoms. The van der Waals surface area contributed by atoms with E-state index in [-0.39, 0.29) is 6.04 Å². The second-order valence-corrected chi connectivity index (χ2v) is 5.25. The van der Waals surface area contributed by atoms with Gasteiger partial charge in [-0.25, -0.2) is 0 Å². The van der Waals surface area contributed by atoms with Crippen LogP contribution in [0.2, 0.25) is 0 Å². The van der Waals surface area contributed by atoms with Gasteiger partial charge in [-0.15, -0.1) is 0 Å². The zero-order valence-electron chi connectivity index (χ0n) is 13.2. The van der Waals surface area contributed by atoms with E-state index in [0.29, 0.717) is 0 Å². The Hall–Kier alpha value is -1.81. The van der Waals surface area contributed by atoms with Crippen molar-refractivity contribution in [2.45, 2.75) is 32.2 Å². The maximum Gasteiger partial charge on any atom is 0.161 e. The molecule has 0 fully saturated rings. The van der Waals surface area contributed by atoms with E-state index < -0.39 is 0 Å². The van der Waals surface area contributed by atoms with Gasteiger partial charge in [-0.05, 0) is 31.4 Å². The Balaban J connectivity index is 2.12. The summed E-state index contributed by atoms with van der Waals surface area (Å²) in [5.41, 5.74) is 2.49. The molecule has 0 spiro atoms. The summed E-state index contributed by atoms with van der Waals surface area (Å²) in [5, 5.41) is 7.94. The van der Waals surface area contributed by atoms with Gasteiger partial charge in [0.25, 0.3) is 0 Å². The predicted molar refractivity (Wildman–Crippen MR) is 85.6 cm³/mol. The highest BCUT2D eigenvalue weighted by Gasteiger charge is 2.20. The van der Waals surface area contributed by atoms with Gasteiger partial charge >= 0.3 is 0 Å². The lowest BCUT2D eigenvalue weighted by Gasteiger charge is -2.20. The minimum atomic E-state index is 0.257. The van der Waals surface area contributed by atoms with Crippen molar-refractivity contribution in [1.29, 1.82) is 0 Å². The maximum atomic E-state index is 5.46. The largest absolute Gasteiger partial charge is 0.493 e. The Kier molecular flexibility index (Phi) is 5.81. The summed E-state index contributed by atoms with van der Waals surface area (Å²) in [6.07, 6.45) is 4.97. The van der Waals surface area contributed by atoms with Crippen LogP contribution in [0, 0.1) is 0 Å². The van der Waals surface area contributed by atoms with E-state index in [1.807, 2.05) is 11.7 Å². The van der Waals surface area contributed by atoms with Gasteiger partial charge in [0.2, 0.25) is 0 Å². The molecule has 1 aromatic carbocycles. The fourth-order valence-electron chi connectivity index (χ4n) is 2.59. The SMILES string of the molecule is CCCNC(CCc1ccccc1)c1c(OC)cnn1C. The molecule has 4 heteroatoms. The Labute approximate surface area is 127 Å². The molecule has 0 radical (unpaired) electrons. The summed E-state index contributed by atoms with van der Waals surface area (Å²) in [5.74, 6) is 0.860. The van der Waals surface area contributed by atoms with Crippen molar-refractivity contribution in [3.05, 3.63) is 47.8 Å². The van der Waals surface area contributed by atoms with Crippen molar-refractivity contribution in [1.82, 2.24) is 15.1 Å². The Bertz CT molecular complexity index is 536. The molecule has 0 amide bonds. The van der Waals surface area contributed by atoms with E-state index in [2.05, 4.69) is 47.7 Å². The summed E-state index contributed by atoms with van der Waals surface area (Å²) >= 11 is 0. The summed E-state index contributed by atoms with van der Waals surface area (Å²) in [6.45, 7) is 3.18. The number of ether oxygens (including phenoxy) is 1.